The summed E-state index contributed by atoms with van der Waals surface area (Å²) in [6, 6.07) is 1.77. The lowest BCUT2D eigenvalue weighted by molar-refractivity contribution is 0.0439. The molecule has 258 valence electrons. The third kappa shape index (κ3) is 7.85. The maximum atomic E-state index is 14.2. The van der Waals surface area contributed by atoms with Gasteiger partial charge in [-0.3, -0.25) is 0 Å². The SMILES string of the molecule is O=C(OCc1c(F)c(F)c(F)c(F)c1F)c1cc2c(C(=O)OCc3c(F)c(F)c(F)c(F)c3F)cc1OCCCC/C=C/CCCCO2. The molecule has 0 amide bonds. The maximum absolute atomic E-state index is 14.2. The molecule has 2 aliphatic heterocycles. The van der Waals surface area contributed by atoms with E-state index in [0.717, 1.165) is 12.1 Å². The van der Waals surface area contributed by atoms with Gasteiger partial charge in [0.25, 0.3) is 0 Å². The lowest BCUT2D eigenvalue weighted by atomic mass is 10.1. The zero-order chi connectivity index (χ0) is 35.1. The van der Waals surface area contributed by atoms with Crippen LogP contribution in [0.25, 0.3) is 0 Å². The average Bonchev–Trinajstić information content (AvgIpc) is 3.07. The van der Waals surface area contributed by atoms with Gasteiger partial charge in [-0.2, -0.15) is 0 Å². The molecule has 0 unspecified atom stereocenters. The molecule has 3 aromatic rings. The number of ether oxygens (including phenoxy) is 4. The van der Waals surface area contributed by atoms with Crippen molar-refractivity contribution >= 4 is 11.9 Å². The Morgan fingerprint density at radius 1 is 0.500 bits per heavy atom. The second kappa shape index (κ2) is 15.9. The normalized spacial score (nSPS) is 14.6. The highest BCUT2D eigenvalue weighted by atomic mass is 19.2. The minimum atomic E-state index is -2.42. The van der Waals surface area contributed by atoms with Crippen LogP contribution in [0.1, 0.15) is 70.4 Å². The summed E-state index contributed by atoms with van der Waals surface area (Å²) in [5.74, 6) is -26.5. The van der Waals surface area contributed by atoms with Crippen LogP contribution in [-0.2, 0) is 22.7 Å². The zero-order valence-corrected chi connectivity index (χ0v) is 24.6. The lowest BCUT2D eigenvalue weighted by Crippen LogP contribution is -2.16. The van der Waals surface area contributed by atoms with Crippen molar-refractivity contribution in [3.8, 4) is 11.5 Å². The first-order valence-electron chi connectivity index (χ1n) is 14.3. The van der Waals surface area contributed by atoms with Gasteiger partial charge in [-0.1, -0.05) is 12.2 Å². The van der Waals surface area contributed by atoms with Crippen LogP contribution in [0, 0.1) is 58.2 Å². The molecule has 2 heterocycles. The molecule has 0 spiro atoms. The minimum Gasteiger partial charge on any atom is -0.493 e. The predicted octanol–water partition coefficient (Wildman–Crippen LogP) is 8.46. The zero-order valence-electron chi connectivity index (χ0n) is 24.6. The molecule has 0 fully saturated rings. The summed E-state index contributed by atoms with van der Waals surface area (Å²) in [5.41, 5.74) is -3.96. The summed E-state index contributed by atoms with van der Waals surface area (Å²) in [4.78, 5) is 26.2. The number of rotatable bonds is 6. The Hall–Kier alpha value is -4.76. The first-order valence-corrected chi connectivity index (χ1v) is 14.3. The van der Waals surface area contributed by atoms with Crippen LogP contribution in [0.4, 0.5) is 43.9 Å². The van der Waals surface area contributed by atoms with Crippen LogP contribution in [0.2, 0.25) is 0 Å². The van der Waals surface area contributed by atoms with Crippen molar-refractivity contribution in [2.24, 2.45) is 0 Å². The molecule has 48 heavy (non-hydrogen) atoms. The van der Waals surface area contributed by atoms with Crippen molar-refractivity contribution < 1.29 is 72.4 Å². The quantitative estimate of drug-likeness (QED) is 0.0848. The molecule has 0 saturated heterocycles. The molecule has 16 heteroatoms. The van der Waals surface area contributed by atoms with E-state index in [2.05, 4.69) is 0 Å². The smallest absolute Gasteiger partial charge is 0.342 e. The minimum absolute atomic E-state index is 0.0784. The number of halogens is 10. The van der Waals surface area contributed by atoms with Crippen molar-refractivity contribution in [2.45, 2.75) is 51.7 Å². The van der Waals surface area contributed by atoms with E-state index in [1.165, 1.54) is 0 Å². The van der Waals surface area contributed by atoms with E-state index in [-0.39, 0.29) is 13.2 Å². The molecule has 2 bridgehead atoms. The van der Waals surface area contributed by atoms with Gasteiger partial charge in [0, 0.05) is 0 Å². The summed E-state index contributed by atoms with van der Waals surface area (Å²) >= 11 is 0. The number of fused-ring (bicyclic) bond motifs is 12. The van der Waals surface area contributed by atoms with E-state index >= 15 is 0 Å². The molecule has 0 radical (unpaired) electrons. The first-order chi connectivity index (χ1) is 22.8. The topological polar surface area (TPSA) is 71.1 Å². The Balaban J connectivity index is 1.69. The molecule has 2 aliphatic rings. The maximum Gasteiger partial charge on any atom is 0.342 e. The Morgan fingerprint density at radius 3 is 1.15 bits per heavy atom. The van der Waals surface area contributed by atoms with E-state index < -0.39 is 117 Å². The van der Waals surface area contributed by atoms with E-state index in [1.54, 1.807) is 0 Å². The number of carbonyl (C=O) groups is 2. The van der Waals surface area contributed by atoms with Crippen LogP contribution in [0.15, 0.2) is 24.3 Å². The van der Waals surface area contributed by atoms with Gasteiger partial charge >= 0.3 is 11.9 Å². The highest BCUT2D eigenvalue weighted by Gasteiger charge is 2.30. The standard InChI is InChI=1S/C32H24F10O6/c33-21-17(22(34)26(38)29(41)25(21)37)13-47-31(43)15-12-20-16(11-19(15)45-9-7-5-3-1-2-4-6-8-10-46-20)32(44)48-14-18-23(35)27(39)30(42)28(40)24(18)36/h1-2,11-12H,3-10,13-14H2/b2-1+. The number of hydrogen-bond donors (Lipinski definition) is 0. The van der Waals surface area contributed by atoms with Gasteiger partial charge in [0.15, 0.2) is 46.5 Å². The molecule has 0 N–H and O–H groups in total. The average molecular weight is 695 g/mol. The number of benzene rings is 3. The molecule has 3 aromatic carbocycles. The lowest BCUT2D eigenvalue weighted by Gasteiger charge is -2.17. The summed E-state index contributed by atoms with van der Waals surface area (Å²) in [5, 5.41) is 0. The first kappa shape index (κ1) is 36.1. The fourth-order valence-corrected chi connectivity index (χ4v) is 4.43. The fraction of sp³-hybridized carbons (Fsp3) is 0.312. The molecule has 0 saturated carbocycles. The summed E-state index contributed by atoms with van der Waals surface area (Å²) < 4.78 is 159. The van der Waals surface area contributed by atoms with Gasteiger partial charge in [-0.25, -0.2) is 53.5 Å². The van der Waals surface area contributed by atoms with Crippen LogP contribution >= 0.6 is 0 Å². The Kier molecular flexibility index (Phi) is 11.9. The van der Waals surface area contributed by atoms with Crippen LogP contribution in [0.3, 0.4) is 0 Å². The predicted molar refractivity (Wildman–Crippen MR) is 145 cm³/mol. The molecular weight excluding hydrogens is 670 g/mol. The number of esters is 2. The highest BCUT2D eigenvalue weighted by Crippen LogP contribution is 2.33. The second-order valence-electron chi connectivity index (χ2n) is 10.3. The van der Waals surface area contributed by atoms with Gasteiger partial charge in [0.2, 0.25) is 11.6 Å². The van der Waals surface area contributed by atoms with Gasteiger partial charge in [0.05, 0.1) is 24.3 Å². The van der Waals surface area contributed by atoms with Gasteiger partial charge in [0.1, 0.15) is 35.8 Å². The van der Waals surface area contributed by atoms with Crippen LogP contribution < -0.4 is 9.47 Å². The summed E-state index contributed by atoms with van der Waals surface area (Å²) in [6.07, 6.45) is 7.31. The van der Waals surface area contributed by atoms with E-state index in [1.807, 2.05) is 12.2 Å². The third-order valence-electron chi connectivity index (χ3n) is 7.03. The van der Waals surface area contributed by atoms with E-state index in [9.17, 15) is 53.5 Å². The van der Waals surface area contributed by atoms with Crippen molar-refractivity contribution in [3.05, 3.63) is 105 Å². The van der Waals surface area contributed by atoms with Gasteiger partial charge in [-0.05, 0) is 50.7 Å². The molecule has 0 atom stereocenters. The third-order valence-corrected chi connectivity index (χ3v) is 7.03. The monoisotopic (exact) mass is 694 g/mol. The number of carbonyl (C=O) groups excluding carboxylic acids is 2. The van der Waals surface area contributed by atoms with Crippen molar-refractivity contribution in [1.29, 1.82) is 0 Å². The Morgan fingerprint density at radius 2 is 0.812 bits per heavy atom. The Bertz CT molecular complexity index is 1560. The largest absolute Gasteiger partial charge is 0.493 e. The van der Waals surface area contributed by atoms with E-state index in [4.69, 9.17) is 18.9 Å². The van der Waals surface area contributed by atoms with Crippen LogP contribution in [-0.4, -0.2) is 25.2 Å². The highest BCUT2D eigenvalue weighted by molar-refractivity contribution is 5.98. The molecule has 0 aliphatic carbocycles. The second-order valence-corrected chi connectivity index (χ2v) is 10.3. The van der Waals surface area contributed by atoms with E-state index in [0.29, 0.717) is 38.5 Å². The molecule has 0 aromatic heterocycles. The molecule has 5 rings (SSSR count). The van der Waals surface area contributed by atoms with Gasteiger partial charge < -0.3 is 18.9 Å². The summed E-state index contributed by atoms with van der Waals surface area (Å²) in [6.45, 7) is -2.99. The Labute approximate surface area is 265 Å². The van der Waals surface area contributed by atoms with Crippen molar-refractivity contribution in [3.63, 3.8) is 0 Å². The molecular formula is C32H24F10O6. The summed E-state index contributed by atoms with van der Waals surface area (Å²) in [7, 11) is 0. The van der Waals surface area contributed by atoms with Crippen molar-refractivity contribution in [2.75, 3.05) is 13.2 Å². The molecule has 6 nitrogen and oxygen atoms in total. The number of allylic oxidation sites excluding steroid dienone is 2. The number of hydrogen-bond acceptors (Lipinski definition) is 6. The van der Waals surface area contributed by atoms with Crippen molar-refractivity contribution in [1.82, 2.24) is 0 Å². The fourth-order valence-electron chi connectivity index (χ4n) is 4.43. The van der Waals surface area contributed by atoms with Gasteiger partial charge in [-0.15, -0.1) is 0 Å². The van der Waals surface area contributed by atoms with Crippen LogP contribution in [0.5, 0.6) is 11.5 Å².